The van der Waals surface area contributed by atoms with E-state index in [1.165, 1.54) is 11.8 Å². The highest BCUT2D eigenvalue weighted by atomic mass is 32.2. The standard InChI is InChI=1S/C29H37F5O3S/c1-27(21-10-12-22(35)13-11-21)20-37-26-19-23(36)14-15-24(26)25(27)9-6-4-2-3-5-7-17-38-18-8-16-28(30,31)29(32,33)34/h10-15,19,25,35-36H,2-9,16-18,20H2,1H3. The highest BCUT2D eigenvalue weighted by molar-refractivity contribution is 7.99. The minimum atomic E-state index is -5.46. The van der Waals surface area contributed by atoms with Crippen LogP contribution in [0, 0.1) is 0 Å². The van der Waals surface area contributed by atoms with Gasteiger partial charge < -0.3 is 14.9 Å². The Morgan fingerprint density at radius 2 is 1.45 bits per heavy atom. The molecular weight excluding hydrogens is 523 g/mol. The summed E-state index contributed by atoms with van der Waals surface area (Å²) in [5.41, 5.74) is 1.90. The van der Waals surface area contributed by atoms with E-state index in [-0.39, 0.29) is 29.3 Å². The third kappa shape index (κ3) is 7.93. The zero-order valence-electron chi connectivity index (χ0n) is 21.7. The van der Waals surface area contributed by atoms with Crippen LogP contribution in [0.5, 0.6) is 17.2 Å². The third-order valence-electron chi connectivity index (χ3n) is 7.42. The first-order valence-corrected chi connectivity index (χ1v) is 14.4. The molecule has 2 aromatic carbocycles. The van der Waals surface area contributed by atoms with Gasteiger partial charge in [0.2, 0.25) is 0 Å². The van der Waals surface area contributed by atoms with Crippen molar-refractivity contribution < 1.29 is 36.9 Å². The minimum absolute atomic E-state index is 0.144. The van der Waals surface area contributed by atoms with Gasteiger partial charge in [0.05, 0.1) is 6.61 Å². The summed E-state index contributed by atoms with van der Waals surface area (Å²) < 4.78 is 68.4. The molecule has 2 unspecified atom stereocenters. The molecule has 0 aliphatic carbocycles. The molecule has 0 saturated heterocycles. The topological polar surface area (TPSA) is 49.7 Å². The molecule has 212 valence electrons. The van der Waals surface area contributed by atoms with Crippen molar-refractivity contribution in [3.8, 4) is 17.2 Å². The molecule has 3 nitrogen and oxygen atoms in total. The van der Waals surface area contributed by atoms with Gasteiger partial charge in [-0.25, -0.2) is 0 Å². The molecule has 0 radical (unpaired) electrons. The molecule has 0 saturated carbocycles. The molecule has 0 fully saturated rings. The molecule has 0 spiro atoms. The van der Waals surface area contributed by atoms with Gasteiger partial charge in [-0.1, -0.05) is 57.2 Å². The van der Waals surface area contributed by atoms with Gasteiger partial charge in [0, 0.05) is 23.8 Å². The van der Waals surface area contributed by atoms with Crippen LogP contribution in [0.3, 0.4) is 0 Å². The number of rotatable bonds is 14. The van der Waals surface area contributed by atoms with Crippen LogP contribution in [-0.4, -0.2) is 40.4 Å². The maximum Gasteiger partial charge on any atom is 0.453 e. The van der Waals surface area contributed by atoms with E-state index in [2.05, 4.69) is 6.92 Å². The highest BCUT2D eigenvalue weighted by Gasteiger charge is 2.56. The van der Waals surface area contributed by atoms with Crippen molar-refractivity contribution in [3.05, 3.63) is 53.6 Å². The van der Waals surface area contributed by atoms with Crippen molar-refractivity contribution in [2.24, 2.45) is 0 Å². The number of halogens is 5. The maximum atomic E-state index is 12.9. The quantitative estimate of drug-likeness (QED) is 0.179. The zero-order chi connectivity index (χ0) is 27.8. The molecule has 2 atom stereocenters. The molecule has 38 heavy (non-hydrogen) atoms. The Bertz CT molecular complexity index is 1010. The number of benzene rings is 2. The minimum Gasteiger partial charge on any atom is -0.508 e. The second kappa shape index (κ2) is 13.3. The number of alkyl halides is 5. The predicted octanol–water partition coefficient (Wildman–Crippen LogP) is 8.97. The lowest BCUT2D eigenvalue weighted by atomic mass is 9.66. The van der Waals surface area contributed by atoms with Crippen molar-refractivity contribution in [2.75, 3.05) is 18.1 Å². The van der Waals surface area contributed by atoms with E-state index in [0.29, 0.717) is 18.1 Å². The molecule has 2 N–H and O–H groups in total. The van der Waals surface area contributed by atoms with Crippen molar-refractivity contribution in [3.63, 3.8) is 0 Å². The van der Waals surface area contributed by atoms with E-state index in [1.54, 1.807) is 24.3 Å². The van der Waals surface area contributed by atoms with Crippen LogP contribution >= 0.6 is 11.8 Å². The summed E-state index contributed by atoms with van der Waals surface area (Å²) in [5.74, 6) is -2.21. The lowest BCUT2D eigenvalue weighted by Gasteiger charge is -2.43. The Labute approximate surface area is 225 Å². The summed E-state index contributed by atoms with van der Waals surface area (Å²) in [6, 6.07) is 12.6. The van der Waals surface area contributed by atoms with Gasteiger partial charge in [-0.15, -0.1) is 0 Å². The van der Waals surface area contributed by atoms with E-state index in [0.717, 1.165) is 61.8 Å². The third-order valence-corrected chi connectivity index (χ3v) is 8.58. The van der Waals surface area contributed by atoms with Crippen LogP contribution in [0.25, 0.3) is 0 Å². The van der Waals surface area contributed by atoms with Gasteiger partial charge in [-0.05, 0) is 60.1 Å². The molecule has 0 amide bonds. The van der Waals surface area contributed by atoms with E-state index >= 15 is 0 Å². The van der Waals surface area contributed by atoms with Gasteiger partial charge in [0.1, 0.15) is 17.2 Å². The zero-order valence-corrected chi connectivity index (χ0v) is 22.5. The number of aromatic hydroxyl groups is 2. The summed E-state index contributed by atoms with van der Waals surface area (Å²) in [6.07, 6.45) is 0.368. The number of hydrogen-bond acceptors (Lipinski definition) is 4. The molecule has 2 aromatic rings. The van der Waals surface area contributed by atoms with E-state index in [1.807, 2.05) is 18.2 Å². The Balaban J connectivity index is 1.39. The van der Waals surface area contributed by atoms with Gasteiger partial charge in [-0.3, -0.25) is 0 Å². The predicted molar refractivity (Wildman–Crippen MR) is 142 cm³/mol. The van der Waals surface area contributed by atoms with Crippen molar-refractivity contribution in [1.29, 1.82) is 0 Å². The molecule has 0 aromatic heterocycles. The van der Waals surface area contributed by atoms with Crippen molar-refractivity contribution in [1.82, 2.24) is 0 Å². The first-order valence-electron chi connectivity index (χ1n) is 13.2. The van der Waals surface area contributed by atoms with E-state index in [4.69, 9.17) is 4.74 Å². The molecule has 1 aliphatic rings. The van der Waals surface area contributed by atoms with Crippen LogP contribution < -0.4 is 4.74 Å². The van der Waals surface area contributed by atoms with Crippen molar-refractivity contribution in [2.45, 2.75) is 88.1 Å². The molecule has 1 heterocycles. The Morgan fingerprint density at radius 3 is 2.13 bits per heavy atom. The number of ether oxygens (including phenoxy) is 1. The fourth-order valence-corrected chi connectivity index (χ4v) is 6.07. The van der Waals surface area contributed by atoms with Crippen LogP contribution in [0.15, 0.2) is 42.5 Å². The first-order chi connectivity index (χ1) is 17.9. The average molecular weight is 561 g/mol. The molecule has 9 heteroatoms. The Hall–Kier alpha value is -2.16. The number of unbranched alkanes of at least 4 members (excludes halogenated alkanes) is 5. The number of hydrogen-bond donors (Lipinski definition) is 2. The molecule has 3 rings (SSSR count). The van der Waals surface area contributed by atoms with Crippen LogP contribution in [0.4, 0.5) is 22.0 Å². The number of phenolic OH excluding ortho intramolecular Hbond substituents is 2. The lowest BCUT2D eigenvalue weighted by Crippen LogP contribution is -2.40. The Kier molecular flexibility index (Phi) is 10.6. The maximum absolute atomic E-state index is 12.9. The van der Waals surface area contributed by atoms with E-state index in [9.17, 15) is 32.2 Å². The monoisotopic (exact) mass is 560 g/mol. The largest absolute Gasteiger partial charge is 0.508 e. The summed E-state index contributed by atoms with van der Waals surface area (Å²) in [5, 5.41) is 19.7. The summed E-state index contributed by atoms with van der Waals surface area (Å²) in [7, 11) is 0. The van der Waals surface area contributed by atoms with Gasteiger partial charge in [0.25, 0.3) is 0 Å². The second-order valence-electron chi connectivity index (χ2n) is 10.4. The second-order valence-corrected chi connectivity index (χ2v) is 11.6. The number of thioether (sulfide) groups is 1. The normalized spacial score (nSPS) is 19.7. The van der Waals surface area contributed by atoms with Crippen LogP contribution in [0.1, 0.15) is 81.8 Å². The highest BCUT2D eigenvalue weighted by Crippen LogP contribution is 2.49. The Morgan fingerprint density at radius 1 is 0.842 bits per heavy atom. The van der Waals surface area contributed by atoms with Crippen molar-refractivity contribution >= 4 is 11.8 Å². The fraction of sp³-hybridized carbons (Fsp3) is 0.586. The molecule has 1 aliphatic heterocycles. The first kappa shape index (κ1) is 30.4. The van der Waals surface area contributed by atoms with Gasteiger partial charge >= 0.3 is 12.1 Å². The average Bonchev–Trinajstić information content (AvgIpc) is 2.85. The summed E-state index contributed by atoms with van der Waals surface area (Å²) in [4.78, 5) is 0. The lowest BCUT2D eigenvalue weighted by molar-refractivity contribution is -0.284. The summed E-state index contributed by atoms with van der Waals surface area (Å²) in [6.45, 7) is 2.66. The number of fused-ring (bicyclic) bond motifs is 1. The van der Waals surface area contributed by atoms with E-state index < -0.39 is 18.5 Å². The summed E-state index contributed by atoms with van der Waals surface area (Å²) >= 11 is 1.44. The van der Waals surface area contributed by atoms with Crippen LogP contribution in [-0.2, 0) is 5.41 Å². The number of phenols is 2. The molecule has 0 bridgehead atoms. The molecular formula is C29H37F5O3S. The fourth-order valence-electron chi connectivity index (χ4n) is 5.11. The van der Waals surface area contributed by atoms with Gasteiger partial charge in [0.15, 0.2) is 0 Å². The SMILES string of the molecule is CC1(c2ccc(O)cc2)COc2cc(O)ccc2C1CCCCCCCCSCCCC(F)(F)C(F)(F)F. The van der Waals surface area contributed by atoms with Gasteiger partial charge in [-0.2, -0.15) is 33.7 Å². The van der Waals surface area contributed by atoms with Crippen LogP contribution in [0.2, 0.25) is 0 Å². The smallest absolute Gasteiger partial charge is 0.453 e.